The highest BCUT2D eigenvalue weighted by Crippen LogP contribution is 2.28. The number of rotatable bonds is 3. The maximum atomic E-state index is 12.7. The van der Waals surface area contributed by atoms with Crippen LogP contribution in [0.3, 0.4) is 0 Å². The molecule has 20 heavy (non-hydrogen) atoms. The van der Waals surface area contributed by atoms with Gasteiger partial charge in [-0.05, 0) is 37.8 Å². The van der Waals surface area contributed by atoms with Gasteiger partial charge in [0.25, 0.3) is 10.0 Å². The molecule has 1 aromatic rings. The van der Waals surface area contributed by atoms with E-state index in [0.717, 1.165) is 25.7 Å². The van der Waals surface area contributed by atoms with Crippen LogP contribution in [0.15, 0.2) is 26.9 Å². The van der Waals surface area contributed by atoms with Crippen LogP contribution in [0.4, 0.5) is 0 Å². The second-order valence-electron chi connectivity index (χ2n) is 5.54. The molecule has 0 saturated heterocycles. The standard InChI is InChI=1S/C14H21NO3S2/c1-11-7-6-8-12(2)14(11)20(17,18)15-19(3,16)13-9-4-5-10-13/h6-8,13H,4-5,9-10H2,1-3H3. The summed E-state index contributed by atoms with van der Waals surface area (Å²) in [5, 5.41) is -0.0957. The fourth-order valence-electron chi connectivity index (χ4n) is 2.82. The SMILES string of the molecule is Cc1cccc(C)c1S(=O)(=O)N=S(C)(=O)C1CCCC1. The largest absolute Gasteiger partial charge is 0.290 e. The molecule has 112 valence electrons. The molecule has 1 saturated carbocycles. The highest BCUT2D eigenvalue weighted by atomic mass is 32.3. The van der Waals surface area contributed by atoms with Gasteiger partial charge in [0.05, 0.1) is 14.6 Å². The summed E-state index contributed by atoms with van der Waals surface area (Å²) >= 11 is 0. The molecular weight excluding hydrogens is 294 g/mol. The second kappa shape index (κ2) is 5.48. The van der Waals surface area contributed by atoms with Crippen LogP contribution in [0.25, 0.3) is 0 Å². The van der Waals surface area contributed by atoms with Crippen LogP contribution < -0.4 is 0 Å². The third-order valence-corrected chi connectivity index (χ3v) is 8.67. The lowest BCUT2D eigenvalue weighted by Crippen LogP contribution is -2.18. The molecule has 1 unspecified atom stereocenters. The topological polar surface area (TPSA) is 63.6 Å². The maximum Gasteiger partial charge on any atom is 0.290 e. The van der Waals surface area contributed by atoms with Gasteiger partial charge in [0, 0.05) is 11.5 Å². The zero-order chi connectivity index (χ0) is 15.0. The summed E-state index contributed by atoms with van der Waals surface area (Å²) in [6.45, 7) is 3.48. The van der Waals surface area contributed by atoms with Gasteiger partial charge in [0.1, 0.15) is 0 Å². The van der Waals surface area contributed by atoms with Crippen LogP contribution in [-0.2, 0) is 19.8 Å². The third-order valence-electron chi connectivity index (χ3n) is 3.83. The molecular formula is C14H21NO3S2. The lowest BCUT2D eigenvalue weighted by molar-refractivity contribution is 0.596. The molecule has 1 aliphatic rings. The van der Waals surface area contributed by atoms with Gasteiger partial charge in [-0.15, -0.1) is 3.77 Å². The molecule has 0 radical (unpaired) electrons. The Morgan fingerprint density at radius 3 is 2.05 bits per heavy atom. The Morgan fingerprint density at radius 2 is 1.55 bits per heavy atom. The van der Waals surface area contributed by atoms with Crippen molar-refractivity contribution in [2.24, 2.45) is 3.77 Å². The summed E-state index contributed by atoms with van der Waals surface area (Å²) in [7, 11) is -6.58. The monoisotopic (exact) mass is 315 g/mol. The minimum Gasteiger partial charge on any atom is -0.249 e. The molecule has 1 atom stereocenters. The minimum atomic E-state index is -3.87. The number of benzene rings is 1. The molecule has 1 aromatic carbocycles. The van der Waals surface area contributed by atoms with Crippen molar-refractivity contribution in [1.82, 2.24) is 0 Å². The Labute approximate surface area is 121 Å². The highest BCUT2D eigenvalue weighted by molar-refractivity contribution is 8.03. The van der Waals surface area contributed by atoms with Gasteiger partial charge in [-0.1, -0.05) is 31.0 Å². The third kappa shape index (κ3) is 3.06. The Kier molecular flexibility index (Phi) is 4.25. The lowest BCUT2D eigenvalue weighted by atomic mass is 10.2. The summed E-state index contributed by atoms with van der Waals surface area (Å²) in [5.41, 5.74) is 1.30. The molecule has 2 rings (SSSR count). The van der Waals surface area contributed by atoms with E-state index in [1.165, 1.54) is 6.26 Å². The zero-order valence-electron chi connectivity index (χ0n) is 12.1. The quantitative estimate of drug-likeness (QED) is 0.861. The van der Waals surface area contributed by atoms with Crippen molar-refractivity contribution in [3.8, 4) is 0 Å². The normalized spacial score (nSPS) is 19.8. The van der Waals surface area contributed by atoms with Crippen molar-refractivity contribution in [3.05, 3.63) is 29.3 Å². The fraction of sp³-hybridized carbons (Fsp3) is 0.571. The van der Waals surface area contributed by atoms with E-state index in [-0.39, 0.29) is 10.1 Å². The van der Waals surface area contributed by atoms with E-state index >= 15 is 0 Å². The van der Waals surface area contributed by atoms with Crippen molar-refractivity contribution in [2.75, 3.05) is 6.26 Å². The lowest BCUT2D eigenvalue weighted by Gasteiger charge is -2.13. The van der Waals surface area contributed by atoms with E-state index in [0.29, 0.717) is 11.1 Å². The zero-order valence-corrected chi connectivity index (χ0v) is 13.8. The Morgan fingerprint density at radius 1 is 1.05 bits per heavy atom. The van der Waals surface area contributed by atoms with Gasteiger partial charge in [-0.3, -0.25) is 0 Å². The van der Waals surface area contributed by atoms with Crippen molar-refractivity contribution in [1.29, 1.82) is 0 Å². The highest BCUT2D eigenvalue weighted by Gasteiger charge is 2.27. The molecule has 0 aliphatic heterocycles. The summed E-state index contributed by atoms with van der Waals surface area (Å²) in [6.07, 6.45) is 5.11. The Bertz CT molecular complexity index is 703. The molecule has 0 amide bonds. The van der Waals surface area contributed by atoms with Crippen molar-refractivity contribution in [3.63, 3.8) is 0 Å². The predicted octanol–water partition coefficient (Wildman–Crippen LogP) is 3.03. The van der Waals surface area contributed by atoms with Gasteiger partial charge in [-0.25, -0.2) is 4.21 Å². The molecule has 4 nitrogen and oxygen atoms in total. The van der Waals surface area contributed by atoms with E-state index in [1.807, 2.05) is 6.07 Å². The molecule has 0 aromatic heterocycles. The van der Waals surface area contributed by atoms with Crippen molar-refractivity contribution < 1.29 is 12.6 Å². The van der Waals surface area contributed by atoms with Crippen LogP contribution in [-0.4, -0.2) is 24.1 Å². The number of hydrogen-bond donors (Lipinski definition) is 0. The van der Waals surface area contributed by atoms with E-state index in [9.17, 15) is 12.6 Å². The average Bonchev–Trinajstić information content (AvgIpc) is 2.80. The molecule has 0 spiro atoms. The van der Waals surface area contributed by atoms with Crippen LogP contribution in [0.2, 0.25) is 0 Å². The van der Waals surface area contributed by atoms with E-state index in [2.05, 4.69) is 3.77 Å². The molecule has 0 bridgehead atoms. The van der Waals surface area contributed by atoms with Gasteiger partial charge in [-0.2, -0.15) is 8.42 Å². The van der Waals surface area contributed by atoms with Gasteiger partial charge < -0.3 is 0 Å². The van der Waals surface area contributed by atoms with Gasteiger partial charge >= 0.3 is 0 Å². The molecule has 6 heteroatoms. The first-order chi connectivity index (χ1) is 9.24. The first-order valence-electron chi connectivity index (χ1n) is 6.77. The first-order valence-corrected chi connectivity index (χ1v) is 10.2. The first kappa shape index (κ1) is 15.5. The van der Waals surface area contributed by atoms with Crippen LogP contribution in [0.1, 0.15) is 36.8 Å². The summed E-state index contributed by atoms with van der Waals surface area (Å²) < 4.78 is 41.5. The summed E-state index contributed by atoms with van der Waals surface area (Å²) in [5.74, 6) is 0. The number of hydrogen-bond acceptors (Lipinski definition) is 3. The summed E-state index contributed by atoms with van der Waals surface area (Å²) in [6, 6.07) is 5.29. The van der Waals surface area contributed by atoms with E-state index < -0.39 is 19.8 Å². The predicted molar refractivity (Wildman–Crippen MR) is 81.9 cm³/mol. The van der Waals surface area contributed by atoms with Gasteiger partial charge in [0.15, 0.2) is 0 Å². The average molecular weight is 315 g/mol. The number of aryl methyl sites for hydroxylation is 2. The molecule has 1 fully saturated rings. The molecule has 0 heterocycles. The second-order valence-corrected chi connectivity index (χ2v) is 9.88. The van der Waals surface area contributed by atoms with Crippen LogP contribution >= 0.6 is 0 Å². The van der Waals surface area contributed by atoms with E-state index in [1.54, 1.807) is 26.0 Å². The smallest absolute Gasteiger partial charge is 0.249 e. The van der Waals surface area contributed by atoms with Crippen LogP contribution in [0, 0.1) is 13.8 Å². The van der Waals surface area contributed by atoms with Crippen LogP contribution in [0.5, 0.6) is 0 Å². The summed E-state index contributed by atoms with van der Waals surface area (Å²) in [4.78, 5) is 0.201. The minimum absolute atomic E-state index is 0.0957. The number of sulfonamides is 1. The van der Waals surface area contributed by atoms with E-state index in [4.69, 9.17) is 0 Å². The number of nitrogens with zero attached hydrogens (tertiary/aromatic N) is 1. The van der Waals surface area contributed by atoms with Gasteiger partial charge in [0.2, 0.25) is 0 Å². The Hall–Kier alpha value is -0.880. The Balaban J connectivity index is 2.54. The maximum absolute atomic E-state index is 12.7. The molecule has 0 N–H and O–H groups in total. The van der Waals surface area contributed by atoms with Crippen molar-refractivity contribution in [2.45, 2.75) is 49.7 Å². The fourth-order valence-corrected chi connectivity index (χ4v) is 7.33. The van der Waals surface area contributed by atoms with Crippen molar-refractivity contribution >= 4 is 19.8 Å². The molecule has 1 aliphatic carbocycles.